The molecule has 0 aliphatic carbocycles. The monoisotopic (exact) mass is 451 g/mol. The minimum atomic E-state index is -0.288. The molecule has 2 aromatic rings. The van der Waals surface area contributed by atoms with Crippen LogP contribution in [-0.4, -0.2) is 46.9 Å². The van der Waals surface area contributed by atoms with Gasteiger partial charge in [-0.3, -0.25) is 14.5 Å². The average molecular weight is 452 g/mol. The molecule has 0 radical (unpaired) electrons. The van der Waals surface area contributed by atoms with Gasteiger partial charge in [0.15, 0.2) is 0 Å². The Morgan fingerprint density at radius 2 is 1.64 bits per heavy atom. The van der Waals surface area contributed by atoms with Crippen LogP contribution in [0.5, 0.6) is 0 Å². The smallest absolute Gasteiger partial charge is 0.252 e. The van der Waals surface area contributed by atoms with Crippen LogP contribution in [0.2, 0.25) is 0 Å². The molecule has 1 aliphatic heterocycles. The second-order valence-corrected chi connectivity index (χ2v) is 11.4. The molecule has 1 unspecified atom stereocenters. The van der Waals surface area contributed by atoms with Crippen molar-refractivity contribution in [2.24, 2.45) is 0 Å². The van der Waals surface area contributed by atoms with Crippen molar-refractivity contribution in [1.82, 2.24) is 15.5 Å². The molecule has 1 saturated heterocycles. The summed E-state index contributed by atoms with van der Waals surface area (Å²) in [6.07, 6.45) is 4.85. The SMILES string of the molecule is CC(C)(C)NC(=O)c1c(CCCCN2CCCC2C(=O)NC(C)(C)C)ccc2ccccc12. The van der Waals surface area contributed by atoms with Crippen molar-refractivity contribution in [3.8, 4) is 0 Å². The van der Waals surface area contributed by atoms with Crippen molar-refractivity contribution >= 4 is 22.6 Å². The Labute approximate surface area is 199 Å². The standard InChI is InChI=1S/C28H41N3O2/c1-27(2,3)29-25(32)23-15-11-19-31(23)18-10-9-13-21-17-16-20-12-7-8-14-22(20)24(21)26(33)30-28(4,5)6/h7-8,12,14,16-17,23H,9-11,13,15,18-19H2,1-6H3,(H,29,32)(H,30,33). The lowest BCUT2D eigenvalue weighted by Gasteiger charge is -2.28. The maximum atomic E-state index is 13.2. The normalized spacial score (nSPS) is 17.3. The number of unbranched alkanes of at least 4 members (excludes halogenated alkanes) is 1. The number of aryl methyl sites for hydroxylation is 1. The molecular formula is C28H41N3O2. The fourth-order valence-electron chi connectivity index (χ4n) is 4.67. The highest BCUT2D eigenvalue weighted by Gasteiger charge is 2.31. The van der Waals surface area contributed by atoms with Crippen molar-refractivity contribution < 1.29 is 9.59 Å². The number of fused-ring (bicyclic) bond motifs is 1. The highest BCUT2D eigenvalue weighted by molar-refractivity contribution is 6.08. The number of nitrogens with one attached hydrogen (secondary N) is 2. The van der Waals surface area contributed by atoms with Crippen LogP contribution < -0.4 is 10.6 Å². The lowest BCUT2D eigenvalue weighted by molar-refractivity contribution is -0.126. The third-order valence-corrected chi connectivity index (χ3v) is 6.04. The second-order valence-electron chi connectivity index (χ2n) is 11.4. The van der Waals surface area contributed by atoms with Crippen LogP contribution in [0.15, 0.2) is 36.4 Å². The maximum absolute atomic E-state index is 13.2. The lowest BCUT2D eigenvalue weighted by Crippen LogP contribution is -2.50. The molecule has 2 aromatic carbocycles. The fourth-order valence-corrected chi connectivity index (χ4v) is 4.67. The van der Waals surface area contributed by atoms with Gasteiger partial charge >= 0.3 is 0 Å². The first-order chi connectivity index (χ1) is 15.4. The van der Waals surface area contributed by atoms with Gasteiger partial charge in [0.2, 0.25) is 5.91 Å². The Hall–Kier alpha value is -2.40. The number of benzene rings is 2. The number of rotatable bonds is 7. The molecular weight excluding hydrogens is 410 g/mol. The summed E-state index contributed by atoms with van der Waals surface area (Å²) in [7, 11) is 0. The van der Waals surface area contributed by atoms with Gasteiger partial charge in [-0.2, -0.15) is 0 Å². The maximum Gasteiger partial charge on any atom is 0.252 e. The molecule has 2 N–H and O–H groups in total. The number of likely N-dealkylation sites (tertiary alicyclic amines) is 1. The van der Waals surface area contributed by atoms with Gasteiger partial charge in [0.25, 0.3) is 5.91 Å². The highest BCUT2D eigenvalue weighted by atomic mass is 16.2. The second kappa shape index (κ2) is 10.3. The zero-order chi connectivity index (χ0) is 24.2. The first-order valence-corrected chi connectivity index (χ1v) is 12.3. The van der Waals surface area contributed by atoms with Gasteiger partial charge in [-0.25, -0.2) is 0 Å². The third-order valence-electron chi connectivity index (χ3n) is 6.04. The first kappa shape index (κ1) is 25.2. The summed E-state index contributed by atoms with van der Waals surface area (Å²) in [6, 6.07) is 12.3. The van der Waals surface area contributed by atoms with E-state index >= 15 is 0 Å². The summed E-state index contributed by atoms with van der Waals surface area (Å²) in [5.41, 5.74) is 1.40. The van der Waals surface area contributed by atoms with E-state index in [4.69, 9.17) is 0 Å². The summed E-state index contributed by atoms with van der Waals surface area (Å²) in [4.78, 5) is 28.2. The van der Waals surface area contributed by atoms with E-state index in [1.807, 2.05) is 59.7 Å². The molecule has 1 atom stereocenters. The van der Waals surface area contributed by atoms with Gasteiger partial charge in [-0.1, -0.05) is 36.4 Å². The van der Waals surface area contributed by atoms with Crippen molar-refractivity contribution in [3.63, 3.8) is 0 Å². The largest absolute Gasteiger partial charge is 0.350 e. The predicted molar refractivity (Wildman–Crippen MR) is 137 cm³/mol. The summed E-state index contributed by atoms with van der Waals surface area (Å²) >= 11 is 0. The quantitative estimate of drug-likeness (QED) is 0.578. The Bertz CT molecular complexity index is 985. The van der Waals surface area contributed by atoms with Crippen LogP contribution in [0, 0.1) is 0 Å². The Kier molecular flexibility index (Phi) is 7.84. The van der Waals surface area contributed by atoms with Gasteiger partial charge in [0, 0.05) is 11.1 Å². The summed E-state index contributed by atoms with van der Waals surface area (Å²) in [5, 5.41) is 8.38. The number of nitrogens with zero attached hydrogens (tertiary/aromatic N) is 1. The molecule has 0 spiro atoms. The molecule has 1 fully saturated rings. The Balaban J connectivity index is 1.66. The molecule has 5 nitrogen and oxygen atoms in total. The van der Waals surface area contributed by atoms with Crippen LogP contribution in [0.4, 0.5) is 0 Å². The van der Waals surface area contributed by atoms with E-state index in [-0.39, 0.29) is 28.9 Å². The van der Waals surface area contributed by atoms with Crippen LogP contribution in [0.3, 0.4) is 0 Å². The van der Waals surface area contributed by atoms with E-state index in [2.05, 4.69) is 33.7 Å². The molecule has 0 saturated carbocycles. The topological polar surface area (TPSA) is 61.4 Å². The van der Waals surface area contributed by atoms with E-state index in [1.165, 1.54) is 0 Å². The molecule has 2 amide bonds. The number of carbonyl (C=O) groups is 2. The average Bonchev–Trinajstić information content (AvgIpc) is 3.17. The van der Waals surface area contributed by atoms with Gasteiger partial charge in [0.1, 0.15) is 0 Å². The van der Waals surface area contributed by atoms with Gasteiger partial charge in [-0.15, -0.1) is 0 Å². The van der Waals surface area contributed by atoms with E-state index in [1.54, 1.807) is 0 Å². The summed E-state index contributed by atoms with van der Waals surface area (Å²) in [5.74, 6) is 0.142. The van der Waals surface area contributed by atoms with Crippen molar-refractivity contribution in [3.05, 3.63) is 47.5 Å². The number of hydrogen-bond acceptors (Lipinski definition) is 3. The number of carbonyl (C=O) groups excluding carboxylic acids is 2. The van der Waals surface area contributed by atoms with Crippen LogP contribution in [0.1, 0.15) is 83.1 Å². The van der Waals surface area contributed by atoms with E-state index in [9.17, 15) is 9.59 Å². The minimum Gasteiger partial charge on any atom is -0.350 e. The van der Waals surface area contributed by atoms with Crippen LogP contribution in [0.25, 0.3) is 10.8 Å². The van der Waals surface area contributed by atoms with E-state index in [0.717, 1.165) is 67.1 Å². The van der Waals surface area contributed by atoms with Gasteiger partial charge in [-0.05, 0) is 103 Å². The number of amides is 2. The Morgan fingerprint density at radius 1 is 0.939 bits per heavy atom. The lowest BCUT2D eigenvalue weighted by atomic mass is 9.94. The molecule has 180 valence electrons. The molecule has 1 heterocycles. The molecule has 0 bridgehead atoms. The molecule has 3 rings (SSSR count). The zero-order valence-electron chi connectivity index (χ0n) is 21.3. The van der Waals surface area contributed by atoms with E-state index in [0.29, 0.717) is 0 Å². The zero-order valence-corrected chi connectivity index (χ0v) is 21.3. The van der Waals surface area contributed by atoms with Crippen LogP contribution >= 0.6 is 0 Å². The summed E-state index contributed by atoms with van der Waals surface area (Å²) < 4.78 is 0. The van der Waals surface area contributed by atoms with Crippen molar-refractivity contribution in [2.75, 3.05) is 13.1 Å². The predicted octanol–water partition coefficient (Wildman–Crippen LogP) is 5.07. The fraction of sp³-hybridized carbons (Fsp3) is 0.571. The summed E-state index contributed by atoms with van der Waals surface area (Å²) in [6.45, 7) is 14.0. The third kappa shape index (κ3) is 7.04. The van der Waals surface area contributed by atoms with Gasteiger partial charge in [0.05, 0.1) is 11.6 Å². The molecule has 5 heteroatoms. The minimum absolute atomic E-state index is 0.00671. The molecule has 33 heavy (non-hydrogen) atoms. The number of hydrogen-bond donors (Lipinski definition) is 2. The highest BCUT2D eigenvalue weighted by Crippen LogP contribution is 2.25. The van der Waals surface area contributed by atoms with E-state index < -0.39 is 0 Å². The molecule has 1 aliphatic rings. The Morgan fingerprint density at radius 3 is 2.33 bits per heavy atom. The van der Waals surface area contributed by atoms with Crippen LogP contribution in [-0.2, 0) is 11.2 Å². The van der Waals surface area contributed by atoms with Gasteiger partial charge < -0.3 is 10.6 Å². The van der Waals surface area contributed by atoms with Crippen molar-refractivity contribution in [1.29, 1.82) is 0 Å². The van der Waals surface area contributed by atoms with Crippen molar-refractivity contribution in [2.45, 2.75) is 90.8 Å². The molecule has 0 aromatic heterocycles. The first-order valence-electron chi connectivity index (χ1n) is 12.3.